The van der Waals surface area contributed by atoms with Crippen molar-refractivity contribution in [3.05, 3.63) is 11.8 Å². The number of hydrogen-bond donors (Lipinski definition) is 0. The summed E-state index contributed by atoms with van der Waals surface area (Å²) in [5, 5.41) is 7.26. The Hall–Kier alpha value is -1.39. The predicted octanol–water partition coefficient (Wildman–Crippen LogP) is 1.05. The molecule has 1 aromatic heterocycles. The van der Waals surface area contributed by atoms with Crippen LogP contribution in [0.4, 0.5) is 0 Å². The number of hydrogen-bond acceptors (Lipinski definition) is 5. The molecule has 1 aromatic rings. The highest BCUT2D eigenvalue weighted by atomic mass is 16.5. The van der Waals surface area contributed by atoms with Gasteiger partial charge in [-0.3, -0.25) is 0 Å². The number of esters is 1. The van der Waals surface area contributed by atoms with E-state index in [4.69, 9.17) is 4.42 Å². The molecule has 72 valence electrons. The average molecular weight is 184 g/mol. The molecule has 0 unspecified atom stereocenters. The van der Waals surface area contributed by atoms with E-state index >= 15 is 0 Å². The van der Waals surface area contributed by atoms with E-state index in [1.54, 1.807) is 0 Å². The molecule has 0 aromatic carbocycles. The summed E-state index contributed by atoms with van der Waals surface area (Å²) in [4.78, 5) is 10.9. The van der Waals surface area contributed by atoms with Crippen LogP contribution < -0.4 is 0 Å². The fourth-order valence-electron chi connectivity index (χ4n) is 0.855. The molecule has 5 heteroatoms. The Morgan fingerprint density at radius 3 is 2.77 bits per heavy atom. The van der Waals surface area contributed by atoms with E-state index < -0.39 is 5.97 Å². The van der Waals surface area contributed by atoms with Gasteiger partial charge in [0, 0.05) is 6.42 Å². The second kappa shape index (κ2) is 4.02. The molecular formula is C8H12N2O3. The van der Waals surface area contributed by atoms with Crippen LogP contribution in [0.3, 0.4) is 0 Å². The lowest BCUT2D eigenvalue weighted by molar-refractivity contribution is 0.0553. The van der Waals surface area contributed by atoms with E-state index in [0.29, 0.717) is 18.2 Å². The van der Waals surface area contributed by atoms with Crippen LogP contribution in [0.25, 0.3) is 0 Å². The molecule has 13 heavy (non-hydrogen) atoms. The summed E-state index contributed by atoms with van der Waals surface area (Å²) in [5.74, 6) is 0.210. The lowest BCUT2D eigenvalue weighted by Gasteiger charge is -1.96. The van der Waals surface area contributed by atoms with E-state index in [1.807, 2.05) is 13.8 Å². The zero-order chi connectivity index (χ0) is 9.84. The molecule has 0 aliphatic rings. The molecule has 0 amide bonds. The third-order valence-corrected chi connectivity index (χ3v) is 1.41. The quantitative estimate of drug-likeness (QED) is 0.657. The minimum atomic E-state index is -0.595. The van der Waals surface area contributed by atoms with Crippen molar-refractivity contribution in [2.24, 2.45) is 5.92 Å². The van der Waals surface area contributed by atoms with Crippen LogP contribution in [0.2, 0.25) is 0 Å². The van der Waals surface area contributed by atoms with E-state index in [0.717, 1.165) is 0 Å². The summed E-state index contributed by atoms with van der Waals surface area (Å²) in [7, 11) is 1.27. The molecular weight excluding hydrogens is 172 g/mol. The van der Waals surface area contributed by atoms with E-state index in [2.05, 4.69) is 14.9 Å². The molecule has 1 rings (SSSR count). The zero-order valence-electron chi connectivity index (χ0n) is 7.90. The standard InChI is InChI=1S/C8H12N2O3/c1-5(2)4-6-9-10-7(13-6)8(11)12-3/h5H,4H2,1-3H3. The molecule has 5 nitrogen and oxygen atoms in total. The highest BCUT2D eigenvalue weighted by Gasteiger charge is 2.15. The third-order valence-electron chi connectivity index (χ3n) is 1.41. The molecule has 0 saturated heterocycles. The summed E-state index contributed by atoms with van der Waals surface area (Å²) >= 11 is 0. The predicted molar refractivity (Wildman–Crippen MR) is 44.2 cm³/mol. The molecule has 0 spiro atoms. The van der Waals surface area contributed by atoms with Crippen molar-refractivity contribution < 1.29 is 13.9 Å². The number of methoxy groups -OCH3 is 1. The van der Waals surface area contributed by atoms with Crippen molar-refractivity contribution in [1.82, 2.24) is 10.2 Å². The van der Waals surface area contributed by atoms with Crippen molar-refractivity contribution >= 4 is 5.97 Å². The van der Waals surface area contributed by atoms with Crippen LogP contribution in [-0.2, 0) is 11.2 Å². The summed E-state index contributed by atoms with van der Waals surface area (Å²) in [6, 6.07) is 0. The van der Waals surface area contributed by atoms with Gasteiger partial charge < -0.3 is 9.15 Å². The van der Waals surface area contributed by atoms with E-state index in [9.17, 15) is 4.79 Å². The Morgan fingerprint density at radius 1 is 1.54 bits per heavy atom. The average Bonchev–Trinajstić information content (AvgIpc) is 2.50. The molecule has 0 saturated carbocycles. The maximum absolute atomic E-state index is 10.9. The van der Waals surface area contributed by atoms with Crippen molar-refractivity contribution in [1.29, 1.82) is 0 Å². The lowest BCUT2D eigenvalue weighted by atomic mass is 10.1. The first kappa shape index (κ1) is 9.70. The topological polar surface area (TPSA) is 65.2 Å². The summed E-state index contributed by atoms with van der Waals surface area (Å²) in [5.41, 5.74) is 0. The summed E-state index contributed by atoms with van der Waals surface area (Å²) in [6.45, 7) is 4.06. The molecule has 0 atom stereocenters. The molecule has 0 aliphatic carbocycles. The first-order valence-electron chi connectivity index (χ1n) is 4.04. The minimum absolute atomic E-state index is 0.0850. The Bertz CT molecular complexity index is 293. The molecule has 0 fully saturated rings. The summed E-state index contributed by atoms with van der Waals surface area (Å²) < 4.78 is 9.47. The highest BCUT2D eigenvalue weighted by molar-refractivity contribution is 5.83. The first-order valence-corrected chi connectivity index (χ1v) is 4.04. The largest absolute Gasteiger partial charge is 0.462 e. The van der Waals surface area contributed by atoms with Crippen molar-refractivity contribution in [3.63, 3.8) is 0 Å². The monoisotopic (exact) mass is 184 g/mol. The third kappa shape index (κ3) is 2.54. The molecule has 0 radical (unpaired) electrons. The number of ether oxygens (including phenoxy) is 1. The van der Waals surface area contributed by atoms with Gasteiger partial charge in [0.2, 0.25) is 5.89 Å². The van der Waals surface area contributed by atoms with Gasteiger partial charge in [0.1, 0.15) is 0 Å². The number of aromatic nitrogens is 2. The van der Waals surface area contributed by atoms with Gasteiger partial charge in [-0.2, -0.15) is 0 Å². The van der Waals surface area contributed by atoms with Crippen LogP contribution in [0.5, 0.6) is 0 Å². The Balaban J connectivity index is 2.69. The number of carbonyl (C=O) groups is 1. The van der Waals surface area contributed by atoms with Gasteiger partial charge in [0.25, 0.3) is 0 Å². The summed E-state index contributed by atoms with van der Waals surface area (Å²) in [6.07, 6.45) is 0.671. The fraction of sp³-hybridized carbons (Fsp3) is 0.625. The van der Waals surface area contributed by atoms with E-state index in [1.165, 1.54) is 7.11 Å². The maximum atomic E-state index is 10.9. The van der Waals surface area contributed by atoms with Gasteiger partial charge in [-0.15, -0.1) is 10.2 Å². The van der Waals surface area contributed by atoms with Crippen molar-refractivity contribution in [3.8, 4) is 0 Å². The Labute approximate surface area is 76.1 Å². The zero-order valence-corrected chi connectivity index (χ0v) is 7.90. The molecule has 0 N–H and O–H groups in total. The van der Waals surface area contributed by atoms with E-state index in [-0.39, 0.29) is 5.89 Å². The van der Waals surface area contributed by atoms with Crippen molar-refractivity contribution in [2.45, 2.75) is 20.3 Å². The molecule has 0 aliphatic heterocycles. The van der Waals surface area contributed by atoms with Gasteiger partial charge in [-0.05, 0) is 5.92 Å². The Kier molecular flexibility index (Phi) is 3.00. The first-order chi connectivity index (χ1) is 6.13. The smallest absolute Gasteiger partial charge is 0.396 e. The van der Waals surface area contributed by atoms with Gasteiger partial charge in [0.05, 0.1) is 7.11 Å². The number of nitrogens with zero attached hydrogens (tertiary/aromatic N) is 2. The fourth-order valence-corrected chi connectivity index (χ4v) is 0.855. The second-order valence-electron chi connectivity index (χ2n) is 3.09. The molecule has 0 bridgehead atoms. The Morgan fingerprint density at radius 2 is 2.23 bits per heavy atom. The normalized spacial score (nSPS) is 10.5. The van der Waals surface area contributed by atoms with Crippen LogP contribution in [-0.4, -0.2) is 23.3 Å². The van der Waals surface area contributed by atoms with Crippen LogP contribution in [0, 0.1) is 5.92 Å². The van der Waals surface area contributed by atoms with Gasteiger partial charge >= 0.3 is 11.9 Å². The number of rotatable bonds is 3. The van der Waals surface area contributed by atoms with Crippen LogP contribution in [0.1, 0.15) is 30.4 Å². The second-order valence-corrected chi connectivity index (χ2v) is 3.09. The molecule has 1 heterocycles. The maximum Gasteiger partial charge on any atom is 0.396 e. The minimum Gasteiger partial charge on any atom is -0.462 e. The van der Waals surface area contributed by atoms with Gasteiger partial charge in [-0.25, -0.2) is 4.79 Å². The number of carbonyl (C=O) groups excluding carboxylic acids is 1. The van der Waals surface area contributed by atoms with Gasteiger partial charge in [0.15, 0.2) is 0 Å². The van der Waals surface area contributed by atoms with Crippen molar-refractivity contribution in [2.75, 3.05) is 7.11 Å². The SMILES string of the molecule is COC(=O)c1nnc(CC(C)C)o1. The highest BCUT2D eigenvalue weighted by Crippen LogP contribution is 2.07. The van der Waals surface area contributed by atoms with Gasteiger partial charge in [-0.1, -0.05) is 13.8 Å². The van der Waals surface area contributed by atoms with Crippen LogP contribution in [0.15, 0.2) is 4.42 Å². The van der Waals surface area contributed by atoms with Crippen LogP contribution >= 0.6 is 0 Å². The lowest BCUT2D eigenvalue weighted by Crippen LogP contribution is -2.00.